The molecule has 0 aliphatic carbocycles. The van der Waals surface area contributed by atoms with E-state index in [4.69, 9.17) is 26.1 Å². The Morgan fingerprint density at radius 2 is 1.89 bits per heavy atom. The third kappa shape index (κ3) is 6.12. The second kappa shape index (κ2) is 9.57. The van der Waals surface area contributed by atoms with E-state index in [9.17, 15) is 33.7 Å². The normalized spacial score (nSPS) is 28.9. The van der Waals surface area contributed by atoms with Crippen molar-refractivity contribution in [2.45, 2.75) is 31.0 Å². The molecule has 0 aromatic carbocycles. The Kier molecular flexibility index (Phi) is 7.59. The molecule has 10 N–H and O–H groups in total. The molecule has 2 unspecified atom stereocenters. The predicted octanol–water partition coefficient (Wildman–Crippen LogP) is -1.34. The predicted molar refractivity (Wildman–Crippen MR) is 114 cm³/mol. The zero-order chi connectivity index (χ0) is 26.4. The number of phosphoric acid groups is 3. The van der Waals surface area contributed by atoms with Gasteiger partial charge in [0.2, 0.25) is 0 Å². The van der Waals surface area contributed by atoms with Gasteiger partial charge in [-0.25, -0.2) is 23.7 Å². The van der Waals surface area contributed by atoms with E-state index in [-0.39, 0.29) is 11.5 Å². The van der Waals surface area contributed by atoms with E-state index in [2.05, 4.69) is 28.2 Å². The smallest absolute Gasteiger partial charge is 0.387 e. The summed E-state index contributed by atoms with van der Waals surface area (Å²) in [6, 6.07) is 0. The molecule has 0 amide bonds. The molecule has 3 heterocycles. The monoisotopic (exact) mass is 562 g/mol. The topological polar surface area (TPSA) is 305 Å². The summed E-state index contributed by atoms with van der Waals surface area (Å²) in [5, 5.41) is 25.2. The van der Waals surface area contributed by atoms with E-state index in [1.54, 1.807) is 0 Å². The highest BCUT2D eigenvalue weighted by atomic mass is 31.3. The first-order valence-corrected chi connectivity index (χ1v) is 13.7. The summed E-state index contributed by atoms with van der Waals surface area (Å²) < 4.78 is 52.7. The quantitative estimate of drug-likeness (QED) is 0.0758. The van der Waals surface area contributed by atoms with Crippen LogP contribution < -0.4 is 11.6 Å². The number of ether oxygens (including phenoxy) is 1. The lowest BCUT2D eigenvalue weighted by Gasteiger charge is -2.27. The highest BCUT2D eigenvalue weighted by Gasteiger charge is 2.54. The Labute approximate surface area is 195 Å². The van der Waals surface area contributed by atoms with Crippen LogP contribution in [0.4, 0.5) is 5.82 Å². The summed E-state index contributed by atoms with van der Waals surface area (Å²) in [5.74, 6) is 5.26. The molecular formula is C13H21N6O13P3. The molecule has 196 valence electrons. The number of hydrazone groups is 1. The lowest BCUT2D eigenvalue weighted by molar-refractivity contribution is -0.0947. The van der Waals surface area contributed by atoms with Gasteiger partial charge < -0.3 is 50.7 Å². The second-order valence-corrected chi connectivity index (χ2v) is 11.7. The van der Waals surface area contributed by atoms with Gasteiger partial charge >= 0.3 is 23.5 Å². The molecule has 3 rings (SSSR count). The van der Waals surface area contributed by atoms with Crippen LogP contribution in [0.3, 0.4) is 0 Å². The van der Waals surface area contributed by atoms with Gasteiger partial charge in [-0.05, 0) is 6.92 Å². The molecule has 19 nitrogen and oxygen atoms in total. The average Bonchev–Trinajstić information content (AvgIpc) is 3.14. The van der Waals surface area contributed by atoms with Crippen LogP contribution in [0, 0.1) is 0 Å². The minimum atomic E-state index is -5.74. The zero-order valence-corrected chi connectivity index (χ0v) is 20.2. The van der Waals surface area contributed by atoms with E-state index in [1.165, 1.54) is 23.9 Å². The molecule has 22 heteroatoms. The molecule has 35 heavy (non-hydrogen) atoms. The summed E-state index contributed by atoms with van der Waals surface area (Å²) in [7, 11) is -16.8. The van der Waals surface area contributed by atoms with E-state index in [1.807, 2.05) is 0 Å². The number of hydrogen-bond donors (Lipinski definition) is 8. The van der Waals surface area contributed by atoms with Crippen molar-refractivity contribution in [3.05, 3.63) is 18.1 Å². The second-order valence-electron chi connectivity index (χ2n) is 7.31. The van der Waals surface area contributed by atoms with E-state index < -0.39 is 54.1 Å². The number of aliphatic hydroxyl groups excluding tert-OH is 1. The van der Waals surface area contributed by atoms with Crippen molar-refractivity contribution in [3.63, 3.8) is 0 Å². The van der Waals surface area contributed by atoms with E-state index in [0.29, 0.717) is 10.9 Å². The van der Waals surface area contributed by atoms with Gasteiger partial charge in [0.1, 0.15) is 35.6 Å². The number of aromatic nitrogens is 3. The van der Waals surface area contributed by atoms with Crippen LogP contribution in [0.15, 0.2) is 17.6 Å². The SMILES string of the molecule is C[C@@]1(O)[C@H](O)[C@@H](COP(=O)(O)OP(=O)(O)OP(=O)(O)O)O[C@H]1n1cc(/C=N/N)c2c(N)ncnc21. The molecule has 2 aromatic heterocycles. The fourth-order valence-electron chi connectivity index (χ4n) is 3.34. The molecule has 0 spiro atoms. The number of rotatable bonds is 9. The summed E-state index contributed by atoms with van der Waals surface area (Å²) in [6.45, 7) is 0.186. The lowest BCUT2D eigenvalue weighted by atomic mass is 9.96. The number of phosphoric ester groups is 1. The van der Waals surface area contributed by atoms with Crippen molar-refractivity contribution in [3.8, 4) is 0 Å². The molecule has 0 radical (unpaired) electrons. The largest absolute Gasteiger partial charge is 0.490 e. The average molecular weight is 562 g/mol. The summed E-state index contributed by atoms with van der Waals surface area (Å²) in [6.07, 6.45) is -0.923. The first kappa shape index (κ1) is 27.8. The van der Waals surface area contributed by atoms with Crippen molar-refractivity contribution in [2.75, 3.05) is 12.3 Å². The minimum absolute atomic E-state index is 0.0473. The van der Waals surface area contributed by atoms with Crippen molar-refractivity contribution < 1.29 is 61.4 Å². The molecule has 0 bridgehead atoms. The summed E-state index contributed by atoms with van der Waals surface area (Å²) >= 11 is 0. The maximum Gasteiger partial charge on any atom is 0.490 e. The number of anilines is 1. The zero-order valence-electron chi connectivity index (χ0n) is 17.5. The maximum absolute atomic E-state index is 12.0. The third-order valence-corrected chi connectivity index (χ3v) is 8.51. The van der Waals surface area contributed by atoms with Crippen LogP contribution in [0.1, 0.15) is 18.7 Å². The Bertz CT molecular complexity index is 1280. The number of nitrogen functional groups attached to an aromatic ring is 1. The van der Waals surface area contributed by atoms with Crippen molar-refractivity contribution >= 4 is 46.5 Å². The van der Waals surface area contributed by atoms with E-state index in [0.717, 1.165) is 6.33 Å². The van der Waals surface area contributed by atoms with Crippen LogP contribution >= 0.6 is 23.5 Å². The molecule has 1 saturated heterocycles. The summed E-state index contributed by atoms with van der Waals surface area (Å²) in [4.78, 5) is 43.9. The van der Waals surface area contributed by atoms with Gasteiger partial charge in [-0.15, -0.1) is 0 Å². The highest BCUT2D eigenvalue weighted by molar-refractivity contribution is 7.66. The van der Waals surface area contributed by atoms with Crippen LogP contribution in [-0.4, -0.2) is 75.0 Å². The van der Waals surface area contributed by atoms with E-state index >= 15 is 0 Å². The number of aliphatic hydroxyl groups is 2. The number of hydrogen-bond acceptors (Lipinski definition) is 14. The number of nitrogens with zero attached hydrogens (tertiary/aromatic N) is 4. The van der Waals surface area contributed by atoms with Gasteiger partial charge in [0, 0.05) is 11.8 Å². The van der Waals surface area contributed by atoms with Crippen molar-refractivity contribution in [2.24, 2.45) is 10.9 Å². The van der Waals surface area contributed by atoms with Crippen LogP contribution in [0.5, 0.6) is 0 Å². The highest BCUT2D eigenvalue weighted by Crippen LogP contribution is 2.66. The molecule has 2 aromatic rings. The van der Waals surface area contributed by atoms with Gasteiger partial charge in [-0.2, -0.15) is 13.7 Å². The lowest BCUT2D eigenvalue weighted by Crippen LogP contribution is -2.44. The van der Waals surface area contributed by atoms with Crippen LogP contribution in [-0.2, 0) is 31.6 Å². The van der Waals surface area contributed by atoms with Gasteiger partial charge in [0.05, 0.1) is 18.2 Å². The maximum atomic E-state index is 12.0. The molecule has 1 aliphatic heterocycles. The van der Waals surface area contributed by atoms with Gasteiger partial charge in [-0.3, -0.25) is 4.52 Å². The van der Waals surface area contributed by atoms with Crippen molar-refractivity contribution in [1.82, 2.24) is 14.5 Å². The Hall–Kier alpha value is -1.82. The Morgan fingerprint density at radius 3 is 2.49 bits per heavy atom. The Morgan fingerprint density at radius 1 is 1.23 bits per heavy atom. The van der Waals surface area contributed by atoms with Crippen LogP contribution in [0.25, 0.3) is 11.0 Å². The van der Waals surface area contributed by atoms with Gasteiger partial charge in [-0.1, -0.05) is 0 Å². The van der Waals surface area contributed by atoms with Crippen LogP contribution in [0.2, 0.25) is 0 Å². The fourth-order valence-corrected chi connectivity index (χ4v) is 6.37. The van der Waals surface area contributed by atoms with Crippen molar-refractivity contribution in [1.29, 1.82) is 0 Å². The number of fused-ring (bicyclic) bond motifs is 1. The molecule has 1 fully saturated rings. The molecular weight excluding hydrogens is 541 g/mol. The minimum Gasteiger partial charge on any atom is -0.387 e. The summed E-state index contributed by atoms with van der Waals surface area (Å²) in [5.41, 5.74) is 4.32. The standard InChI is InChI=1S/C13H21N6O13P3/c1-13(21)9(20)7(4-29-34(25,26)32-35(27,28)31-33(22,23)24)30-12(13)19-3-6(2-18-15)8-10(14)16-5-17-11(8)19/h2-3,5,7,9,12,20-21H,4,15H2,1H3,(H,25,26)(H,27,28)(H2,14,16,17)(H2,22,23,24)/b18-2+/t7-,9-,12-,13-/m1/s1. The third-order valence-electron chi connectivity index (χ3n) is 4.71. The van der Waals surface area contributed by atoms with Gasteiger partial charge in [0.25, 0.3) is 0 Å². The molecule has 1 aliphatic rings. The molecule has 6 atom stereocenters. The van der Waals surface area contributed by atoms with Gasteiger partial charge in [0.15, 0.2) is 6.23 Å². The first-order chi connectivity index (χ1) is 16.0. The number of nitrogens with two attached hydrogens (primary N) is 2. The Balaban J connectivity index is 1.83. The first-order valence-electron chi connectivity index (χ1n) is 9.16. The fraction of sp³-hybridized carbons (Fsp3) is 0.462. The molecule has 0 saturated carbocycles.